The van der Waals surface area contributed by atoms with Gasteiger partial charge in [-0.1, -0.05) is 18.2 Å². The Morgan fingerprint density at radius 2 is 1.93 bits per heavy atom. The van der Waals surface area contributed by atoms with Crippen molar-refractivity contribution in [2.75, 3.05) is 5.32 Å². The maximum Gasteiger partial charge on any atom is 0.335 e. The number of aromatic nitrogens is 3. The minimum absolute atomic E-state index is 0.136. The quantitative estimate of drug-likeness (QED) is 0.586. The average Bonchev–Trinajstić information content (AvgIpc) is 3.00. The summed E-state index contributed by atoms with van der Waals surface area (Å²) in [5, 5.41) is 11.9. The Balaban J connectivity index is 1.80. The van der Waals surface area contributed by atoms with E-state index in [2.05, 4.69) is 16.4 Å². The summed E-state index contributed by atoms with van der Waals surface area (Å²) < 4.78 is 3.16. The van der Waals surface area contributed by atoms with Crippen molar-refractivity contribution in [1.29, 1.82) is 5.26 Å². The van der Waals surface area contributed by atoms with E-state index in [-0.39, 0.29) is 11.6 Å². The van der Waals surface area contributed by atoms with Gasteiger partial charge in [0.1, 0.15) is 0 Å². The van der Waals surface area contributed by atoms with E-state index in [1.807, 2.05) is 18.2 Å². The zero-order valence-corrected chi connectivity index (χ0v) is 15.7. The molecule has 4 aromatic rings. The summed E-state index contributed by atoms with van der Waals surface area (Å²) in [6, 6.07) is 20.0. The molecule has 142 valence electrons. The first-order valence-corrected chi connectivity index (χ1v) is 9.00. The van der Waals surface area contributed by atoms with Crippen molar-refractivity contribution in [3.63, 3.8) is 0 Å². The smallest absolute Gasteiger partial charge is 0.326 e. The maximum atomic E-state index is 13.3. The van der Waals surface area contributed by atoms with Crippen LogP contribution in [0.5, 0.6) is 0 Å². The van der Waals surface area contributed by atoms with Gasteiger partial charge in [0.25, 0.3) is 0 Å². The van der Waals surface area contributed by atoms with Crippen LogP contribution >= 0.6 is 0 Å². The minimum Gasteiger partial charge on any atom is -0.326 e. The van der Waals surface area contributed by atoms with E-state index in [1.54, 1.807) is 53.2 Å². The van der Waals surface area contributed by atoms with Crippen LogP contribution in [0.3, 0.4) is 0 Å². The molecular weight excluding hydrogens is 366 g/mol. The highest BCUT2D eigenvalue weighted by Gasteiger charge is 2.16. The van der Waals surface area contributed by atoms with Gasteiger partial charge in [-0.3, -0.25) is 9.36 Å². The Morgan fingerprint density at radius 3 is 2.66 bits per heavy atom. The molecule has 0 fully saturated rings. The molecule has 2 heterocycles. The number of nitriles is 1. The highest BCUT2D eigenvalue weighted by Crippen LogP contribution is 2.18. The lowest BCUT2D eigenvalue weighted by molar-refractivity contribution is -0.114. The fourth-order valence-corrected chi connectivity index (χ4v) is 3.27. The molecule has 0 saturated heterocycles. The number of anilines is 1. The summed E-state index contributed by atoms with van der Waals surface area (Å²) in [5.41, 5.74) is 3.67. The van der Waals surface area contributed by atoms with E-state index in [0.717, 1.165) is 5.56 Å². The van der Waals surface area contributed by atoms with Crippen LogP contribution in [-0.4, -0.2) is 20.0 Å². The van der Waals surface area contributed by atoms with Gasteiger partial charge in [0.05, 0.1) is 29.4 Å². The largest absolute Gasteiger partial charge is 0.335 e. The molecule has 2 aromatic heterocycles. The van der Waals surface area contributed by atoms with Crippen LogP contribution in [0.15, 0.2) is 71.7 Å². The summed E-state index contributed by atoms with van der Waals surface area (Å²) in [7, 11) is 0. The second kappa shape index (κ2) is 7.44. The Hall–Kier alpha value is -4.18. The predicted octanol–water partition coefficient (Wildman–Crippen LogP) is 3.07. The second-order valence-corrected chi connectivity index (χ2v) is 6.59. The molecule has 4 rings (SSSR count). The maximum absolute atomic E-state index is 13.3. The van der Waals surface area contributed by atoms with E-state index >= 15 is 0 Å². The SMILES string of the molecule is CC(=O)Nc1ccc(Cn2c(=O)n(-c3cccc(C#N)c3)c3ncccc32)cc1. The van der Waals surface area contributed by atoms with Crippen LogP contribution in [0.2, 0.25) is 0 Å². The van der Waals surface area contributed by atoms with Gasteiger partial charge < -0.3 is 5.32 Å². The highest BCUT2D eigenvalue weighted by molar-refractivity contribution is 5.88. The van der Waals surface area contributed by atoms with Gasteiger partial charge in [-0.2, -0.15) is 5.26 Å². The monoisotopic (exact) mass is 383 g/mol. The molecule has 2 aromatic carbocycles. The summed E-state index contributed by atoms with van der Waals surface area (Å²) in [6.07, 6.45) is 1.64. The number of nitrogens with zero attached hydrogens (tertiary/aromatic N) is 4. The zero-order chi connectivity index (χ0) is 20.4. The summed E-state index contributed by atoms with van der Waals surface area (Å²) in [4.78, 5) is 28.8. The zero-order valence-electron chi connectivity index (χ0n) is 15.7. The van der Waals surface area contributed by atoms with Gasteiger partial charge in [0.2, 0.25) is 5.91 Å². The number of fused-ring (bicyclic) bond motifs is 1. The average molecular weight is 383 g/mol. The third-order valence-corrected chi connectivity index (χ3v) is 4.54. The molecule has 29 heavy (non-hydrogen) atoms. The topological polar surface area (TPSA) is 92.7 Å². The summed E-state index contributed by atoms with van der Waals surface area (Å²) >= 11 is 0. The Morgan fingerprint density at radius 1 is 1.14 bits per heavy atom. The van der Waals surface area contributed by atoms with Crippen LogP contribution < -0.4 is 11.0 Å². The number of amides is 1. The van der Waals surface area contributed by atoms with E-state index in [4.69, 9.17) is 0 Å². The molecule has 0 unspecified atom stereocenters. The lowest BCUT2D eigenvalue weighted by Gasteiger charge is -2.06. The number of pyridine rings is 1. The normalized spacial score (nSPS) is 10.6. The fraction of sp³-hybridized carbons (Fsp3) is 0.0909. The lowest BCUT2D eigenvalue weighted by atomic mass is 10.2. The molecule has 7 heteroatoms. The van der Waals surface area contributed by atoms with Gasteiger partial charge in [-0.15, -0.1) is 0 Å². The Bertz CT molecular complexity index is 1310. The van der Waals surface area contributed by atoms with E-state index in [0.29, 0.717) is 34.6 Å². The van der Waals surface area contributed by atoms with Crippen molar-refractivity contribution in [3.8, 4) is 11.8 Å². The first kappa shape index (κ1) is 18.2. The number of nitrogens with one attached hydrogen (secondary N) is 1. The van der Waals surface area contributed by atoms with Gasteiger partial charge >= 0.3 is 5.69 Å². The minimum atomic E-state index is -0.236. The van der Waals surface area contributed by atoms with Gasteiger partial charge in [0.15, 0.2) is 5.65 Å². The molecule has 0 bridgehead atoms. The molecule has 0 aliphatic carbocycles. The number of imidazole rings is 1. The predicted molar refractivity (Wildman–Crippen MR) is 110 cm³/mol. The second-order valence-electron chi connectivity index (χ2n) is 6.59. The van der Waals surface area contributed by atoms with Crippen molar-refractivity contribution in [2.45, 2.75) is 13.5 Å². The van der Waals surface area contributed by atoms with Crippen molar-refractivity contribution in [1.82, 2.24) is 14.1 Å². The number of rotatable bonds is 4. The van der Waals surface area contributed by atoms with Crippen LogP contribution in [0.1, 0.15) is 18.1 Å². The van der Waals surface area contributed by atoms with Crippen LogP contribution in [0.25, 0.3) is 16.9 Å². The first-order chi connectivity index (χ1) is 14.1. The van der Waals surface area contributed by atoms with E-state index < -0.39 is 0 Å². The number of hydrogen-bond donors (Lipinski definition) is 1. The molecule has 7 nitrogen and oxygen atoms in total. The molecule has 0 radical (unpaired) electrons. The Kier molecular flexibility index (Phi) is 4.67. The van der Waals surface area contributed by atoms with Crippen molar-refractivity contribution >= 4 is 22.8 Å². The molecule has 1 N–H and O–H groups in total. The standard InChI is InChI=1S/C22H17N5O2/c1-15(28)25-18-9-7-16(8-10-18)14-26-20-6-3-11-24-21(20)27(22(26)29)19-5-2-4-17(12-19)13-23/h2-12H,14H2,1H3,(H,25,28). The number of benzene rings is 2. The lowest BCUT2D eigenvalue weighted by Crippen LogP contribution is -2.23. The summed E-state index contributed by atoms with van der Waals surface area (Å²) in [6.45, 7) is 1.81. The molecule has 0 aliphatic rings. The van der Waals surface area contributed by atoms with Gasteiger partial charge in [-0.05, 0) is 48.0 Å². The fourth-order valence-electron chi connectivity index (χ4n) is 3.27. The van der Waals surface area contributed by atoms with E-state index in [1.165, 1.54) is 11.5 Å². The van der Waals surface area contributed by atoms with Crippen LogP contribution in [0, 0.1) is 11.3 Å². The van der Waals surface area contributed by atoms with Crippen molar-refractivity contribution < 1.29 is 4.79 Å². The third-order valence-electron chi connectivity index (χ3n) is 4.54. The van der Waals surface area contributed by atoms with Crippen LogP contribution in [0.4, 0.5) is 5.69 Å². The van der Waals surface area contributed by atoms with Crippen molar-refractivity contribution in [3.05, 3.63) is 88.5 Å². The van der Waals surface area contributed by atoms with Crippen LogP contribution in [-0.2, 0) is 11.3 Å². The molecule has 0 aliphatic heterocycles. The molecule has 0 saturated carbocycles. The van der Waals surface area contributed by atoms with E-state index in [9.17, 15) is 14.9 Å². The highest BCUT2D eigenvalue weighted by atomic mass is 16.2. The molecular formula is C22H17N5O2. The number of carbonyl (C=O) groups is 1. The van der Waals surface area contributed by atoms with Gasteiger partial charge in [-0.25, -0.2) is 14.3 Å². The molecule has 0 atom stereocenters. The number of hydrogen-bond acceptors (Lipinski definition) is 4. The van der Waals surface area contributed by atoms with Gasteiger partial charge in [0, 0.05) is 18.8 Å². The number of carbonyl (C=O) groups excluding carboxylic acids is 1. The molecule has 0 spiro atoms. The first-order valence-electron chi connectivity index (χ1n) is 9.00. The molecule has 1 amide bonds. The summed E-state index contributed by atoms with van der Waals surface area (Å²) in [5.74, 6) is -0.136. The van der Waals surface area contributed by atoms with Crippen molar-refractivity contribution in [2.24, 2.45) is 0 Å². The third kappa shape index (κ3) is 3.51. The Labute approximate surface area is 166 Å².